The third-order valence-electron chi connectivity index (χ3n) is 4.27. The number of nitrogens with zero attached hydrogens (tertiary/aromatic N) is 1. The van der Waals surface area contributed by atoms with Gasteiger partial charge in [0.1, 0.15) is 11.5 Å². The molecule has 0 aliphatic carbocycles. The first kappa shape index (κ1) is 19.3. The Labute approximate surface area is 148 Å². The molecule has 0 aromatic rings. The smallest absolute Gasteiger partial charge is 0.411 e. The maximum absolute atomic E-state index is 12.6. The van der Waals surface area contributed by atoms with Crippen molar-refractivity contribution in [1.82, 2.24) is 4.90 Å². The van der Waals surface area contributed by atoms with Crippen molar-refractivity contribution in [3.05, 3.63) is 11.6 Å². The van der Waals surface area contributed by atoms with Gasteiger partial charge in [0.25, 0.3) is 0 Å². The molecule has 2 aliphatic rings. The van der Waals surface area contributed by atoms with Crippen molar-refractivity contribution in [2.24, 2.45) is 5.92 Å². The zero-order chi connectivity index (χ0) is 18.8. The van der Waals surface area contributed by atoms with Crippen LogP contribution in [0.15, 0.2) is 11.6 Å². The van der Waals surface area contributed by atoms with Crippen molar-refractivity contribution in [2.75, 3.05) is 13.2 Å². The summed E-state index contributed by atoms with van der Waals surface area (Å²) in [7, 11) is 0. The molecule has 0 radical (unpaired) electrons. The van der Waals surface area contributed by atoms with Crippen LogP contribution >= 0.6 is 0 Å². The van der Waals surface area contributed by atoms with Gasteiger partial charge < -0.3 is 14.2 Å². The van der Waals surface area contributed by atoms with Crippen molar-refractivity contribution in [2.45, 2.75) is 65.1 Å². The second kappa shape index (κ2) is 7.45. The molecule has 2 bridgehead atoms. The highest BCUT2D eigenvalue weighted by molar-refractivity contribution is 5.88. The van der Waals surface area contributed by atoms with Crippen LogP contribution in [0.5, 0.6) is 0 Å². The van der Waals surface area contributed by atoms with E-state index in [1.807, 2.05) is 0 Å². The topological polar surface area (TPSA) is 82.1 Å². The molecule has 7 nitrogen and oxygen atoms in total. The van der Waals surface area contributed by atoms with Crippen LogP contribution in [0.2, 0.25) is 0 Å². The lowest BCUT2D eigenvalue weighted by Gasteiger charge is -2.27. The Morgan fingerprint density at radius 3 is 2.32 bits per heavy atom. The number of carbonyl (C=O) groups is 3. The van der Waals surface area contributed by atoms with Crippen LogP contribution in [0.25, 0.3) is 0 Å². The van der Waals surface area contributed by atoms with E-state index in [4.69, 9.17) is 14.2 Å². The third-order valence-corrected chi connectivity index (χ3v) is 4.27. The van der Waals surface area contributed by atoms with Gasteiger partial charge in [0.15, 0.2) is 0 Å². The van der Waals surface area contributed by atoms with Gasteiger partial charge in [-0.1, -0.05) is 0 Å². The van der Waals surface area contributed by atoms with Gasteiger partial charge >= 0.3 is 18.0 Å². The molecular weight excluding hydrogens is 326 g/mol. The van der Waals surface area contributed by atoms with Crippen molar-refractivity contribution >= 4 is 18.0 Å². The van der Waals surface area contributed by atoms with Gasteiger partial charge in [-0.2, -0.15) is 0 Å². The molecule has 0 N–H and O–H groups in total. The number of rotatable bonds is 4. The molecule has 2 aliphatic heterocycles. The fourth-order valence-corrected chi connectivity index (χ4v) is 3.53. The van der Waals surface area contributed by atoms with Gasteiger partial charge in [-0.15, -0.1) is 0 Å². The molecule has 0 spiro atoms. The molecule has 0 saturated carbocycles. The Hall–Kier alpha value is -2.05. The monoisotopic (exact) mass is 353 g/mol. The van der Waals surface area contributed by atoms with E-state index in [2.05, 4.69) is 0 Å². The predicted molar refractivity (Wildman–Crippen MR) is 89.7 cm³/mol. The zero-order valence-electron chi connectivity index (χ0n) is 15.5. The maximum Gasteiger partial charge on any atom is 0.411 e. The lowest BCUT2D eigenvalue weighted by molar-refractivity contribution is -0.147. The van der Waals surface area contributed by atoms with Crippen LogP contribution in [0.3, 0.4) is 0 Å². The minimum absolute atomic E-state index is 0.242. The van der Waals surface area contributed by atoms with Gasteiger partial charge in [-0.25, -0.2) is 9.59 Å². The van der Waals surface area contributed by atoms with E-state index in [9.17, 15) is 14.4 Å². The van der Waals surface area contributed by atoms with Crippen LogP contribution < -0.4 is 0 Å². The molecule has 25 heavy (non-hydrogen) atoms. The van der Waals surface area contributed by atoms with E-state index in [0.717, 1.165) is 0 Å². The number of carbonyl (C=O) groups excluding carboxylic acids is 3. The quantitative estimate of drug-likeness (QED) is 0.439. The lowest BCUT2D eigenvalue weighted by Crippen LogP contribution is -2.41. The molecule has 2 rings (SSSR count). The highest BCUT2D eigenvalue weighted by Crippen LogP contribution is 2.46. The van der Waals surface area contributed by atoms with E-state index in [0.29, 0.717) is 18.4 Å². The van der Waals surface area contributed by atoms with E-state index in [1.165, 1.54) is 6.08 Å². The SMILES string of the molecule is CCOC(=O)C=C1[C@H](C(=O)OCC)[C@@H]2CC[C@H]1N2C(=O)OC(C)(C)C. The summed E-state index contributed by atoms with van der Waals surface area (Å²) in [5.74, 6) is -1.57. The van der Waals surface area contributed by atoms with Crippen LogP contribution in [0.4, 0.5) is 4.79 Å². The normalized spacial score (nSPS) is 26.7. The Bertz CT molecular complexity index is 577. The number of esters is 2. The first-order valence-electron chi connectivity index (χ1n) is 8.75. The first-order chi connectivity index (χ1) is 11.7. The molecule has 1 amide bonds. The second-order valence-electron chi connectivity index (χ2n) is 7.17. The van der Waals surface area contributed by atoms with Gasteiger partial charge in [-0.3, -0.25) is 9.69 Å². The van der Waals surface area contributed by atoms with Crippen LogP contribution in [-0.4, -0.2) is 53.8 Å². The van der Waals surface area contributed by atoms with Gasteiger partial charge in [-0.05, 0) is 53.0 Å². The first-order valence-corrected chi connectivity index (χ1v) is 8.75. The van der Waals surface area contributed by atoms with Crippen LogP contribution in [-0.2, 0) is 23.8 Å². The largest absolute Gasteiger partial charge is 0.465 e. The van der Waals surface area contributed by atoms with Crippen LogP contribution in [0, 0.1) is 5.92 Å². The Balaban J connectivity index is 2.32. The fourth-order valence-electron chi connectivity index (χ4n) is 3.53. The minimum Gasteiger partial charge on any atom is -0.465 e. The number of hydrogen-bond donors (Lipinski definition) is 0. The molecule has 2 fully saturated rings. The fraction of sp³-hybridized carbons (Fsp3) is 0.722. The molecule has 3 atom stereocenters. The third kappa shape index (κ3) is 4.14. The van der Waals surface area contributed by atoms with E-state index in [1.54, 1.807) is 39.5 Å². The minimum atomic E-state index is -0.643. The Morgan fingerprint density at radius 2 is 1.76 bits per heavy atom. The average Bonchev–Trinajstić information content (AvgIpc) is 3.01. The molecule has 0 aromatic carbocycles. The van der Waals surface area contributed by atoms with Gasteiger partial charge in [0.05, 0.1) is 25.3 Å². The van der Waals surface area contributed by atoms with Gasteiger partial charge in [0.2, 0.25) is 0 Å². The molecule has 0 aromatic heterocycles. The molecular formula is C18H27NO6. The summed E-state index contributed by atoms with van der Waals surface area (Å²) in [6, 6.07) is -0.682. The highest BCUT2D eigenvalue weighted by Gasteiger charge is 2.56. The number of hydrogen-bond acceptors (Lipinski definition) is 6. The summed E-state index contributed by atoms with van der Waals surface area (Å²) in [5, 5.41) is 0. The number of ether oxygens (including phenoxy) is 3. The van der Waals surface area contributed by atoms with E-state index < -0.39 is 29.6 Å². The van der Waals surface area contributed by atoms with Crippen molar-refractivity contribution < 1.29 is 28.6 Å². The molecule has 0 unspecified atom stereocenters. The highest BCUT2D eigenvalue weighted by atomic mass is 16.6. The summed E-state index contributed by atoms with van der Waals surface area (Å²) in [6.45, 7) is 9.31. The summed E-state index contributed by atoms with van der Waals surface area (Å²) in [6.07, 6.45) is 2.23. The lowest BCUT2D eigenvalue weighted by atomic mass is 9.84. The number of fused-ring (bicyclic) bond motifs is 2. The van der Waals surface area contributed by atoms with Crippen LogP contribution in [0.1, 0.15) is 47.5 Å². The standard InChI is InChI=1S/C18H27NO6/c1-6-23-14(20)10-11-12-8-9-13(15(11)16(21)24-7-2)19(12)17(22)25-18(3,4)5/h10,12-13,15H,6-9H2,1-5H3/t12-,13+,15+/m1/s1. The Morgan fingerprint density at radius 1 is 1.12 bits per heavy atom. The number of amides is 1. The van der Waals surface area contributed by atoms with Crippen molar-refractivity contribution in [3.8, 4) is 0 Å². The predicted octanol–water partition coefficient (Wildman–Crippen LogP) is 2.44. The van der Waals surface area contributed by atoms with Gasteiger partial charge in [0, 0.05) is 6.08 Å². The Kier molecular flexibility index (Phi) is 5.75. The summed E-state index contributed by atoms with van der Waals surface area (Å²) in [5.41, 5.74) is -0.0529. The second-order valence-corrected chi connectivity index (χ2v) is 7.17. The summed E-state index contributed by atoms with van der Waals surface area (Å²) in [4.78, 5) is 38.6. The maximum atomic E-state index is 12.6. The molecule has 140 valence electrons. The van der Waals surface area contributed by atoms with Crippen molar-refractivity contribution in [3.63, 3.8) is 0 Å². The summed E-state index contributed by atoms with van der Waals surface area (Å²) >= 11 is 0. The molecule has 7 heteroatoms. The zero-order valence-corrected chi connectivity index (χ0v) is 15.5. The van der Waals surface area contributed by atoms with E-state index >= 15 is 0 Å². The van der Waals surface area contributed by atoms with E-state index in [-0.39, 0.29) is 25.3 Å². The summed E-state index contributed by atoms with van der Waals surface area (Å²) < 4.78 is 15.6. The molecule has 2 saturated heterocycles. The molecule has 2 heterocycles. The van der Waals surface area contributed by atoms with Crippen molar-refractivity contribution in [1.29, 1.82) is 0 Å². The average molecular weight is 353 g/mol.